The molecule has 1 unspecified atom stereocenters. The van der Waals surface area contributed by atoms with E-state index < -0.39 is 0 Å². The van der Waals surface area contributed by atoms with Gasteiger partial charge in [-0.25, -0.2) is 4.79 Å². The second kappa shape index (κ2) is 5.18. The van der Waals surface area contributed by atoms with E-state index >= 15 is 0 Å². The normalized spacial score (nSPS) is 13.5. The quantitative estimate of drug-likeness (QED) is 0.511. The van der Waals surface area contributed by atoms with E-state index in [-0.39, 0.29) is 17.5 Å². The van der Waals surface area contributed by atoms with Gasteiger partial charge in [0.1, 0.15) is 6.10 Å². The maximum atomic E-state index is 11.5. The third-order valence-corrected chi connectivity index (χ3v) is 2.30. The van der Waals surface area contributed by atoms with Crippen molar-refractivity contribution in [3.63, 3.8) is 0 Å². The Hall–Kier alpha value is -0.790. The van der Waals surface area contributed by atoms with Crippen molar-refractivity contribution in [2.24, 2.45) is 5.41 Å². The van der Waals surface area contributed by atoms with Gasteiger partial charge in [0.05, 0.1) is 0 Å². The molecule has 0 N–H and O–H groups in total. The number of esters is 1. The third-order valence-electron chi connectivity index (χ3n) is 2.30. The Morgan fingerprint density at radius 1 is 1.36 bits per heavy atom. The average molecular weight is 198 g/mol. The molecule has 0 heterocycles. The Kier molecular flexibility index (Phi) is 4.89. The first-order chi connectivity index (χ1) is 6.32. The van der Waals surface area contributed by atoms with Gasteiger partial charge in [-0.15, -0.1) is 0 Å². The van der Waals surface area contributed by atoms with E-state index in [2.05, 4.69) is 27.4 Å². The molecule has 0 amide bonds. The lowest BCUT2D eigenvalue weighted by Gasteiger charge is -2.29. The summed E-state index contributed by atoms with van der Waals surface area (Å²) in [4.78, 5) is 11.5. The number of hydrogen-bond donors (Lipinski definition) is 0. The number of carbonyl (C=O) groups is 1. The molecule has 2 nitrogen and oxygen atoms in total. The summed E-state index contributed by atoms with van der Waals surface area (Å²) in [5.41, 5.74) is 0.547. The fourth-order valence-corrected chi connectivity index (χ4v) is 1.23. The second-order valence-electron chi connectivity index (χ2n) is 4.63. The summed E-state index contributed by atoms with van der Waals surface area (Å²) in [6.07, 6.45) is 1.46. The second-order valence-corrected chi connectivity index (χ2v) is 4.63. The fourth-order valence-electron chi connectivity index (χ4n) is 1.23. The highest BCUT2D eigenvalue weighted by atomic mass is 16.5. The van der Waals surface area contributed by atoms with Crippen LogP contribution in [0.2, 0.25) is 0 Å². The van der Waals surface area contributed by atoms with Gasteiger partial charge in [0, 0.05) is 5.57 Å². The van der Waals surface area contributed by atoms with Gasteiger partial charge in [-0.3, -0.25) is 0 Å². The highest BCUT2D eigenvalue weighted by Gasteiger charge is 2.26. The molecule has 1 atom stereocenters. The van der Waals surface area contributed by atoms with Crippen LogP contribution in [0.4, 0.5) is 0 Å². The zero-order valence-corrected chi connectivity index (χ0v) is 10.0. The van der Waals surface area contributed by atoms with Crippen LogP contribution in [0.25, 0.3) is 0 Å². The van der Waals surface area contributed by atoms with E-state index in [0.717, 1.165) is 6.42 Å². The molecule has 2 heteroatoms. The summed E-state index contributed by atoms with van der Waals surface area (Å²) >= 11 is 0. The minimum Gasteiger partial charge on any atom is -0.458 e. The van der Waals surface area contributed by atoms with Crippen LogP contribution >= 0.6 is 0 Å². The van der Waals surface area contributed by atoms with Crippen molar-refractivity contribution in [1.29, 1.82) is 0 Å². The molecule has 0 bridgehead atoms. The zero-order chi connectivity index (χ0) is 11.4. The standard InChI is InChI=1S/C12H22O2/c1-7-9(3)11(13)14-10(8-2)12(4,5)6/h10H,3,7-8H2,1-2,4-6H3. The van der Waals surface area contributed by atoms with Gasteiger partial charge < -0.3 is 4.74 Å². The van der Waals surface area contributed by atoms with Gasteiger partial charge in [-0.1, -0.05) is 41.2 Å². The van der Waals surface area contributed by atoms with Crippen molar-refractivity contribution in [2.75, 3.05) is 0 Å². The van der Waals surface area contributed by atoms with Crippen LogP contribution < -0.4 is 0 Å². The van der Waals surface area contributed by atoms with Gasteiger partial charge in [0.2, 0.25) is 0 Å². The highest BCUT2D eigenvalue weighted by molar-refractivity contribution is 5.87. The lowest BCUT2D eigenvalue weighted by atomic mass is 9.87. The largest absolute Gasteiger partial charge is 0.458 e. The van der Waals surface area contributed by atoms with E-state index in [1.807, 2.05) is 13.8 Å². The van der Waals surface area contributed by atoms with Gasteiger partial charge in [-0.2, -0.15) is 0 Å². The number of hydrogen-bond acceptors (Lipinski definition) is 2. The molecule has 0 aromatic carbocycles. The topological polar surface area (TPSA) is 26.3 Å². The molecule has 0 spiro atoms. The Morgan fingerprint density at radius 2 is 1.86 bits per heavy atom. The summed E-state index contributed by atoms with van der Waals surface area (Å²) in [5.74, 6) is -0.255. The number of carbonyl (C=O) groups excluding carboxylic acids is 1. The van der Waals surface area contributed by atoms with Crippen molar-refractivity contribution >= 4 is 5.97 Å². The molecule has 0 aromatic heterocycles. The monoisotopic (exact) mass is 198 g/mol. The fraction of sp³-hybridized carbons (Fsp3) is 0.750. The molecule has 0 saturated heterocycles. The predicted octanol–water partition coefficient (Wildman–Crippen LogP) is 3.32. The highest BCUT2D eigenvalue weighted by Crippen LogP contribution is 2.25. The van der Waals surface area contributed by atoms with Crippen molar-refractivity contribution in [2.45, 2.75) is 53.6 Å². The van der Waals surface area contributed by atoms with E-state index in [9.17, 15) is 4.79 Å². The summed E-state index contributed by atoms with van der Waals surface area (Å²) in [7, 11) is 0. The molecule has 0 radical (unpaired) electrons. The van der Waals surface area contributed by atoms with E-state index in [1.54, 1.807) is 0 Å². The summed E-state index contributed by atoms with van der Waals surface area (Å²) in [5, 5.41) is 0. The first kappa shape index (κ1) is 13.2. The van der Waals surface area contributed by atoms with Gasteiger partial charge in [-0.05, 0) is 18.3 Å². The molecule has 0 aromatic rings. The Balaban J connectivity index is 4.34. The van der Waals surface area contributed by atoms with Crippen molar-refractivity contribution < 1.29 is 9.53 Å². The van der Waals surface area contributed by atoms with Crippen LogP contribution in [-0.4, -0.2) is 12.1 Å². The molecule has 0 rings (SSSR count). The molecule has 14 heavy (non-hydrogen) atoms. The molecule has 0 fully saturated rings. The number of rotatable bonds is 4. The van der Waals surface area contributed by atoms with Crippen LogP contribution in [0.15, 0.2) is 12.2 Å². The zero-order valence-electron chi connectivity index (χ0n) is 10.0. The van der Waals surface area contributed by atoms with Crippen molar-refractivity contribution in [3.8, 4) is 0 Å². The van der Waals surface area contributed by atoms with Crippen LogP contribution in [0, 0.1) is 5.41 Å². The molecule has 0 aliphatic rings. The van der Waals surface area contributed by atoms with Crippen LogP contribution in [0.3, 0.4) is 0 Å². The SMILES string of the molecule is C=C(CC)C(=O)OC(CC)C(C)(C)C. The molecule has 82 valence electrons. The van der Waals surface area contributed by atoms with Crippen molar-refractivity contribution in [1.82, 2.24) is 0 Å². The summed E-state index contributed by atoms with van der Waals surface area (Å²) < 4.78 is 5.38. The average Bonchev–Trinajstić information content (AvgIpc) is 2.10. The predicted molar refractivity (Wildman–Crippen MR) is 59.1 cm³/mol. The maximum Gasteiger partial charge on any atom is 0.333 e. The Labute approximate surface area is 87.3 Å². The first-order valence-corrected chi connectivity index (χ1v) is 5.21. The Morgan fingerprint density at radius 3 is 2.14 bits per heavy atom. The summed E-state index contributed by atoms with van der Waals surface area (Å²) in [6, 6.07) is 0. The number of ether oxygens (including phenoxy) is 1. The van der Waals surface area contributed by atoms with Gasteiger partial charge in [0.25, 0.3) is 0 Å². The third kappa shape index (κ3) is 3.95. The molecule has 0 aliphatic heterocycles. The van der Waals surface area contributed by atoms with Crippen LogP contribution in [0.5, 0.6) is 0 Å². The molecule has 0 saturated carbocycles. The smallest absolute Gasteiger partial charge is 0.333 e. The summed E-state index contributed by atoms with van der Waals surface area (Å²) in [6.45, 7) is 13.8. The lowest BCUT2D eigenvalue weighted by molar-refractivity contribution is -0.150. The van der Waals surface area contributed by atoms with Crippen LogP contribution in [0.1, 0.15) is 47.5 Å². The minimum absolute atomic E-state index is 0.00156. The molecular formula is C12H22O2. The van der Waals surface area contributed by atoms with Gasteiger partial charge in [0.15, 0.2) is 0 Å². The van der Waals surface area contributed by atoms with E-state index in [1.165, 1.54) is 0 Å². The Bertz CT molecular complexity index is 211. The lowest BCUT2D eigenvalue weighted by Crippen LogP contribution is -2.31. The van der Waals surface area contributed by atoms with Gasteiger partial charge >= 0.3 is 5.97 Å². The van der Waals surface area contributed by atoms with E-state index in [4.69, 9.17) is 4.74 Å². The van der Waals surface area contributed by atoms with Crippen molar-refractivity contribution in [3.05, 3.63) is 12.2 Å². The molecule has 0 aliphatic carbocycles. The van der Waals surface area contributed by atoms with Crippen LogP contribution in [-0.2, 0) is 9.53 Å². The first-order valence-electron chi connectivity index (χ1n) is 5.21. The minimum atomic E-state index is -0.255. The molecular weight excluding hydrogens is 176 g/mol. The van der Waals surface area contributed by atoms with E-state index in [0.29, 0.717) is 12.0 Å². The maximum absolute atomic E-state index is 11.5.